The molecule has 4 aromatic carbocycles. The molecule has 0 aliphatic rings. The van der Waals surface area contributed by atoms with E-state index in [9.17, 15) is 18.0 Å². The maximum absolute atomic E-state index is 13.6. The summed E-state index contributed by atoms with van der Waals surface area (Å²) >= 11 is 6.25. The molecule has 0 aliphatic carbocycles. The number of hydrogen-bond donors (Lipinski definition) is 3. The summed E-state index contributed by atoms with van der Waals surface area (Å²) in [6, 6.07) is 31.0. The molecule has 0 spiro atoms. The molecule has 0 radical (unpaired) electrons. The normalized spacial score (nSPS) is 12.1. The molecule has 5 aromatic rings. The topological polar surface area (TPSA) is 126 Å². The van der Waals surface area contributed by atoms with Crippen molar-refractivity contribution < 1.29 is 27.0 Å². The average Bonchev–Trinajstić information content (AvgIpc) is 3.40. The number of rotatable bonds is 10. The molecule has 1 heterocycles. The summed E-state index contributed by atoms with van der Waals surface area (Å²) in [5.74, 6) is -1.11. The van der Waals surface area contributed by atoms with Gasteiger partial charge in [0.2, 0.25) is 5.91 Å². The minimum Gasteiger partial charge on any atom is -0.456 e. The monoisotopic (exact) mass is 602 g/mol. The Balaban J connectivity index is 1.30. The van der Waals surface area contributed by atoms with Crippen LogP contribution in [0.4, 0.5) is 5.69 Å². The standard InChI is InChI=1S/C32H27ClN2O6S/c33-26-6-3-5-24(19-26)28(18-21-8-10-23(11-9-21)31(36)34-16-17-42(38,39)40)32(37)35-27-14-12-22(13-15-27)30-20-25-4-1-2-7-29(25)41-30/h1-15,19-20,28H,16-18H2,(H,34,36)(H,35,37)(H,38,39,40). The summed E-state index contributed by atoms with van der Waals surface area (Å²) in [6.45, 7) is -0.213. The van der Waals surface area contributed by atoms with Crippen molar-refractivity contribution in [3.63, 3.8) is 0 Å². The highest BCUT2D eigenvalue weighted by Crippen LogP contribution is 2.30. The average molecular weight is 603 g/mol. The van der Waals surface area contributed by atoms with E-state index in [1.54, 1.807) is 42.5 Å². The van der Waals surface area contributed by atoms with Gasteiger partial charge < -0.3 is 15.1 Å². The van der Waals surface area contributed by atoms with Crippen LogP contribution in [0, 0.1) is 0 Å². The summed E-state index contributed by atoms with van der Waals surface area (Å²) in [5.41, 5.74) is 4.19. The second kappa shape index (κ2) is 12.6. The van der Waals surface area contributed by atoms with Gasteiger partial charge in [-0.1, -0.05) is 54.1 Å². The van der Waals surface area contributed by atoms with Gasteiger partial charge in [0.05, 0.1) is 11.7 Å². The molecule has 0 bridgehead atoms. The fourth-order valence-electron chi connectivity index (χ4n) is 4.58. The number of fused-ring (bicyclic) bond motifs is 1. The number of para-hydroxylation sites is 1. The molecule has 0 saturated carbocycles. The van der Waals surface area contributed by atoms with E-state index < -0.39 is 27.7 Å². The highest BCUT2D eigenvalue weighted by molar-refractivity contribution is 7.85. The predicted octanol–water partition coefficient (Wildman–Crippen LogP) is 6.34. The molecule has 2 amide bonds. The number of hydrogen-bond acceptors (Lipinski definition) is 5. The first kappa shape index (κ1) is 29.1. The van der Waals surface area contributed by atoms with Crippen LogP contribution in [0.15, 0.2) is 108 Å². The fraction of sp³-hybridized carbons (Fsp3) is 0.125. The number of benzene rings is 4. The Morgan fingerprint density at radius 1 is 0.881 bits per heavy atom. The minimum absolute atomic E-state index is 0.213. The zero-order valence-corrected chi connectivity index (χ0v) is 23.9. The van der Waals surface area contributed by atoms with Gasteiger partial charge in [0.25, 0.3) is 16.0 Å². The van der Waals surface area contributed by atoms with Crippen LogP contribution in [-0.2, 0) is 21.3 Å². The Bertz CT molecular complexity index is 1800. The molecule has 10 heteroatoms. The van der Waals surface area contributed by atoms with Crippen LogP contribution in [0.1, 0.15) is 27.4 Å². The molecule has 5 rings (SSSR count). The largest absolute Gasteiger partial charge is 0.456 e. The Hall–Kier alpha value is -4.44. The highest BCUT2D eigenvalue weighted by atomic mass is 35.5. The zero-order valence-electron chi connectivity index (χ0n) is 22.3. The van der Waals surface area contributed by atoms with E-state index in [0.717, 1.165) is 33.4 Å². The van der Waals surface area contributed by atoms with E-state index in [4.69, 9.17) is 20.6 Å². The quantitative estimate of drug-likeness (QED) is 0.160. The lowest BCUT2D eigenvalue weighted by atomic mass is 9.90. The van der Waals surface area contributed by atoms with Crippen LogP contribution in [0.25, 0.3) is 22.3 Å². The highest BCUT2D eigenvalue weighted by Gasteiger charge is 2.22. The number of anilines is 1. The number of halogens is 1. The summed E-state index contributed by atoms with van der Waals surface area (Å²) < 4.78 is 36.5. The fourth-order valence-corrected chi connectivity index (χ4v) is 5.14. The van der Waals surface area contributed by atoms with Crippen LogP contribution in [0.3, 0.4) is 0 Å². The Labute approximate surface area is 248 Å². The lowest BCUT2D eigenvalue weighted by molar-refractivity contribution is -0.117. The van der Waals surface area contributed by atoms with E-state index in [-0.39, 0.29) is 12.5 Å². The molecule has 0 aliphatic heterocycles. The molecular formula is C32H27ClN2O6S. The number of amides is 2. The first-order chi connectivity index (χ1) is 20.1. The van der Waals surface area contributed by atoms with Crippen molar-refractivity contribution in [2.45, 2.75) is 12.3 Å². The molecule has 214 valence electrons. The predicted molar refractivity (Wildman–Crippen MR) is 163 cm³/mol. The van der Waals surface area contributed by atoms with Crippen LogP contribution >= 0.6 is 11.6 Å². The first-order valence-electron chi connectivity index (χ1n) is 13.1. The van der Waals surface area contributed by atoms with Crippen LogP contribution < -0.4 is 10.6 Å². The Morgan fingerprint density at radius 2 is 1.62 bits per heavy atom. The number of nitrogens with one attached hydrogen (secondary N) is 2. The van der Waals surface area contributed by atoms with E-state index in [2.05, 4.69) is 10.6 Å². The maximum atomic E-state index is 13.6. The third kappa shape index (κ3) is 7.44. The third-order valence-electron chi connectivity index (χ3n) is 6.73. The van der Waals surface area contributed by atoms with Crippen LogP contribution in [0.5, 0.6) is 0 Å². The number of carbonyl (C=O) groups excluding carboxylic acids is 2. The smallest absolute Gasteiger partial charge is 0.266 e. The van der Waals surface area contributed by atoms with E-state index in [1.165, 1.54) is 0 Å². The molecule has 1 aromatic heterocycles. The molecule has 3 N–H and O–H groups in total. The summed E-state index contributed by atoms with van der Waals surface area (Å²) in [6.07, 6.45) is 0.341. The van der Waals surface area contributed by atoms with Crippen molar-refractivity contribution in [3.8, 4) is 11.3 Å². The van der Waals surface area contributed by atoms with Crippen molar-refractivity contribution in [3.05, 3.63) is 125 Å². The van der Waals surface area contributed by atoms with Gasteiger partial charge in [-0.15, -0.1) is 0 Å². The summed E-state index contributed by atoms with van der Waals surface area (Å²) in [4.78, 5) is 25.9. The first-order valence-corrected chi connectivity index (χ1v) is 15.1. The maximum Gasteiger partial charge on any atom is 0.266 e. The van der Waals surface area contributed by atoms with E-state index >= 15 is 0 Å². The Kier molecular flexibility index (Phi) is 8.72. The minimum atomic E-state index is -4.17. The van der Waals surface area contributed by atoms with Gasteiger partial charge in [-0.2, -0.15) is 8.42 Å². The number of carbonyl (C=O) groups is 2. The van der Waals surface area contributed by atoms with Gasteiger partial charge in [0.1, 0.15) is 11.3 Å². The second-order valence-corrected chi connectivity index (χ2v) is 11.8. The van der Waals surface area contributed by atoms with Crippen molar-refractivity contribution in [1.82, 2.24) is 5.32 Å². The van der Waals surface area contributed by atoms with Gasteiger partial charge in [0, 0.05) is 33.8 Å². The molecular weight excluding hydrogens is 576 g/mol. The van der Waals surface area contributed by atoms with Gasteiger partial charge in [-0.05, 0) is 78.2 Å². The van der Waals surface area contributed by atoms with E-state index in [0.29, 0.717) is 22.7 Å². The lowest BCUT2D eigenvalue weighted by Gasteiger charge is -2.18. The second-order valence-electron chi connectivity index (χ2n) is 9.77. The van der Waals surface area contributed by atoms with Gasteiger partial charge in [0.15, 0.2) is 0 Å². The molecule has 1 atom stereocenters. The van der Waals surface area contributed by atoms with Gasteiger partial charge in [-0.25, -0.2) is 0 Å². The Morgan fingerprint density at radius 3 is 2.31 bits per heavy atom. The zero-order chi connectivity index (χ0) is 29.7. The summed E-state index contributed by atoms with van der Waals surface area (Å²) in [7, 11) is -4.17. The number of furan rings is 1. The molecule has 0 fully saturated rings. The molecule has 1 unspecified atom stereocenters. The third-order valence-corrected chi connectivity index (χ3v) is 7.69. The van der Waals surface area contributed by atoms with Crippen molar-refractivity contribution in [2.24, 2.45) is 0 Å². The van der Waals surface area contributed by atoms with E-state index in [1.807, 2.05) is 60.7 Å². The molecule has 42 heavy (non-hydrogen) atoms. The van der Waals surface area contributed by atoms with Crippen molar-refractivity contribution >= 4 is 50.2 Å². The van der Waals surface area contributed by atoms with Crippen molar-refractivity contribution in [2.75, 3.05) is 17.6 Å². The molecule has 8 nitrogen and oxygen atoms in total. The van der Waals surface area contributed by atoms with Crippen LogP contribution in [-0.4, -0.2) is 37.1 Å². The van der Waals surface area contributed by atoms with Gasteiger partial charge >= 0.3 is 0 Å². The molecule has 0 saturated heterocycles. The van der Waals surface area contributed by atoms with Crippen LogP contribution in [0.2, 0.25) is 5.02 Å². The van der Waals surface area contributed by atoms with Crippen molar-refractivity contribution in [1.29, 1.82) is 0 Å². The van der Waals surface area contributed by atoms with Gasteiger partial charge in [-0.3, -0.25) is 14.1 Å². The lowest BCUT2D eigenvalue weighted by Crippen LogP contribution is -2.28. The SMILES string of the molecule is O=C(NCCS(=O)(=O)O)c1ccc(CC(C(=O)Nc2ccc(-c3cc4ccccc4o3)cc2)c2cccc(Cl)c2)cc1. The summed E-state index contributed by atoms with van der Waals surface area (Å²) in [5, 5.41) is 6.98.